The van der Waals surface area contributed by atoms with Gasteiger partial charge in [-0.05, 0) is 75.8 Å². The quantitative estimate of drug-likeness (QED) is 0.0805. The number of halogens is 2. The van der Waals surface area contributed by atoms with Crippen molar-refractivity contribution in [1.29, 1.82) is 0 Å². The molecule has 2 heterocycles. The fourth-order valence-corrected chi connectivity index (χ4v) is 5.79. The summed E-state index contributed by atoms with van der Waals surface area (Å²) in [6, 6.07) is 5.64. The van der Waals surface area contributed by atoms with Gasteiger partial charge in [-0.25, -0.2) is 9.38 Å². The lowest BCUT2D eigenvalue weighted by Crippen LogP contribution is -2.44. The molecule has 1 aliphatic carbocycles. The van der Waals surface area contributed by atoms with Crippen LogP contribution in [0.2, 0.25) is 5.02 Å². The molecular weight excluding hydrogens is 645 g/mol. The molecule has 4 rings (SSSR count). The molecule has 0 amide bonds. The Balaban J connectivity index is 0.000000492. The Morgan fingerprint density at radius 3 is 2.31 bits per heavy atom. The fourth-order valence-electron chi connectivity index (χ4n) is 4.33. The van der Waals surface area contributed by atoms with E-state index in [4.69, 9.17) is 16.3 Å². The summed E-state index contributed by atoms with van der Waals surface area (Å²) < 4.78 is 16.3. The van der Waals surface area contributed by atoms with Gasteiger partial charge in [-0.2, -0.15) is 5.10 Å². The molecule has 0 bridgehead atoms. The second kappa shape index (κ2) is 23.7. The lowest BCUT2D eigenvalue weighted by molar-refractivity contribution is 0.160. The van der Waals surface area contributed by atoms with Gasteiger partial charge < -0.3 is 25.3 Å². The van der Waals surface area contributed by atoms with Gasteiger partial charge in [0.05, 0.1) is 17.8 Å². The number of aliphatic imine (C=N–C) groups is 2. The molecule has 1 aromatic heterocycles. The molecule has 0 spiro atoms. The average Bonchev–Trinajstić information content (AvgIpc) is 3.45. The highest BCUT2D eigenvalue weighted by atomic mass is 35.5. The maximum atomic E-state index is 11.1. The summed E-state index contributed by atoms with van der Waals surface area (Å²) in [5.41, 5.74) is 8.31. The van der Waals surface area contributed by atoms with Crippen molar-refractivity contribution in [3.8, 4) is 5.75 Å². The van der Waals surface area contributed by atoms with Crippen LogP contribution in [0.1, 0.15) is 50.1 Å². The second-order valence-corrected chi connectivity index (χ2v) is 12.6. The zero-order chi connectivity index (χ0) is 36.1. The Kier molecular flexibility index (Phi) is 21.0. The number of nitrogens with zero attached hydrogens (tertiary/aromatic N) is 5. The highest BCUT2D eigenvalue weighted by molar-refractivity contribution is 7.17. The summed E-state index contributed by atoms with van der Waals surface area (Å²) in [6.07, 6.45) is 6.19. The third-order valence-electron chi connectivity index (χ3n) is 7.32. The van der Waals surface area contributed by atoms with Crippen LogP contribution in [0.4, 0.5) is 15.1 Å². The van der Waals surface area contributed by atoms with Crippen molar-refractivity contribution in [2.45, 2.75) is 47.1 Å². The predicted molar refractivity (Wildman–Crippen MR) is 211 cm³/mol. The van der Waals surface area contributed by atoms with E-state index < -0.39 is 5.83 Å². The highest BCUT2D eigenvalue weighted by Gasteiger charge is 2.26. The number of allylic oxidation sites excluding steroid dienone is 4. The standard InChI is InChI=1S/C21H24ClN5OS.C7H16N2.C5H10.C4H5F/c1-5-26-27-18-8-7-15-16(21(25-12-23-3)29-20(15)13(18)2)11-24-14-6-9-19(28-4)17(22)10-14;1-3-9-6-4-8(2)5-7-9;1-4-5(2)3;1-3-4(2)5/h6,9-10,12,24,26H,2-3,5,7-8,11H2,1,4H3;3-7H2,1-2H3;4-5H,1H2,2-3H3;3H,1-2H2/b25-12-,27-18-;;;. The lowest BCUT2D eigenvalue weighted by atomic mass is 9.91. The number of hydrazone groups is 1. The number of likely N-dealkylation sites (N-methyl/N-ethyl adjacent to an activating group) is 2. The molecule has 1 aliphatic heterocycles. The van der Waals surface area contributed by atoms with E-state index in [9.17, 15) is 4.39 Å². The van der Waals surface area contributed by atoms with Crippen LogP contribution in [-0.4, -0.2) is 82.0 Å². The molecule has 2 aromatic rings. The van der Waals surface area contributed by atoms with E-state index >= 15 is 0 Å². The number of thiophene rings is 1. The molecule has 1 aromatic carbocycles. The fraction of sp³-hybridized carbons (Fsp3) is 0.432. The first-order valence-electron chi connectivity index (χ1n) is 16.2. The van der Waals surface area contributed by atoms with Crippen LogP contribution in [0.25, 0.3) is 5.57 Å². The van der Waals surface area contributed by atoms with Crippen LogP contribution in [0.5, 0.6) is 5.75 Å². The summed E-state index contributed by atoms with van der Waals surface area (Å²) >= 11 is 7.86. The molecule has 8 nitrogen and oxygen atoms in total. The summed E-state index contributed by atoms with van der Waals surface area (Å²) in [7, 11) is 3.79. The van der Waals surface area contributed by atoms with Crippen LogP contribution in [-0.2, 0) is 13.0 Å². The normalized spacial score (nSPS) is 15.2. The molecule has 11 heteroatoms. The number of hydrogen-bond acceptors (Lipinski definition) is 8. The van der Waals surface area contributed by atoms with E-state index in [1.165, 1.54) is 44.6 Å². The van der Waals surface area contributed by atoms with Crippen molar-refractivity contribution in [1.82, 2.24) is 15.2 Å². The smallest absolute Gasteiger partial charge is 0.137 e. The van der Waals surface area contributed by atoms with Crippen molar-refractivity contribution in [2.24, 2.45) is 21.0 Å². The summed E-state index contributed by atoms with van der Waals surface area (Å²) in [6.45, 7) is 33.4. The van der Waals surface area contributed by atoms with Gasteiger partial charge in [-0.15, -0.1) is 17.9 Å². The zero-order valence-corrected chi connectivity index (χ0v) is 31.3. The number of fused-ring (bicyclic) bond motifs is 1. The van der Waals surface area contributed by atoms with Crippen molar-refractivity contribution in [3.63, 3.8) is 0 Å². The number of rotatable bonds is 11. The first-order chi connectivity index (χ1) is 22.9. The van der Waals surface area contributed by atoms with Crippen LogP contribution < -0.4 is 15.5 Å². The number of hydrogen-bond donors (Lipinski definition) is 2. The number of anilines is 1. The van der Waals surface area contributed by atoms with Crippen molar-refractivity contribution >= 4 is 58.0 Å². The monoisotopic (exact) mass is 699 g/mol. The minimum atomic E-state index is -0.481. The van der Waals surface area contributed by atoms with E-state index in [0.717, 1.165) is 57.9 Å². The van der Waals surface area contributed by atoms with Gasteiger partial charge in [0.1, 0.15) is 22.9 Å². The Labute approximate surface area is 297 Å². The third kappa shape index (κ3) is 15.1. The molecule has 2 aliphatic rings. The zero-order valence-electron chi connectivity index (χ0n) is 29.7. The lowest BCUT2D eigenvalue weighted by Gasteiger charge is -2.31. The molecule has 1 saturated heterocycles. The SMILES string of the molecule is C=CC(=C)F.C=CC(C)C.C=N/C=N\c1sc2c(c1CNc1ccc(OC)c(Cl)c1)CC/C(=N/NCC)C2=C.CCN1CCN(C)CC1. The van der Waals surface area contributed by atoms with E-state index in [1.54, 1.807) is 18.4 Å². The summed E-state index contributed by atoms with van der Waals surface area (Å²) in [5, 5.41) is 9.38. The van der Waals surface area contributed by atoms with Crippen LogP contribution in [0.15, 0.2) is 77.6 Å². The Morgan fingerprint density at radius 1 is 1.17 bits per heavy atom. The van der Waals surface area contributed by atoms with Gasteiger partial charge >= 0.3 is 0 Å². The topological polar surface area (TPSA) is 76.8 Å². The second-order valence-electron chi connectivity index (χ2n) is 11.2. The minimum absolute atomic E-state index is 0.481. The Morgan fingerprint density at radius 2 is 1.81 bits per heavy atom. The first kappa shape index (κ1) is 42.5. The van der Waals surface area contributed by atoms with Crippen molar-refractivity contribution in [3.05, 3.63) is 83.5 Å². The number of nitrogens with one attached hydrogen (secondary N) is 2. The molecule has 0 radical (unpaired) electrons. The van der Waals surface area contributed by atoms with E-state index in [2.05, 4.69) is 96.5 Å². The van der Waals surface area contributed by atoms with Gasteiger partial charge in [0.25, 0.3) is 0 Å². The van der Waals surface area contributed by atoms with Crippen LogP contribution in [0.3, 0.4) is 0 Å². The number of piperazine rings is 1. The van der Waals surface area contributed by atoms with Crippen LogP contribution >= 0.6 is 22.9 Å². The maximum absolute atomic E-state index is 11.1. The molecule has 0 atom stereocenters. The number of benzene rings is 1. The third-order valence-corrected chi connectivity index (χ3v) is 8.85. The maximum Gasteiger partial charge on any atom is 0.137 e. The molecule has 264 valence electrons. The molecule has 0 saturated carbocycles. The van der Waals surface area contributed by atoms with Gasteiger partial charge in [-0.1, -0.05) is 58.2 Å². The molecule has 1 fully saturated rings. The number of ether oxygens (including phenoxy) is 1. The van der Waals surface area contributed by atoms with Crippen molar-refractivity contribution in [2.75, 3.05) is 58.7 Å². The van der Waals surface area contributed by atoms with Gasteiger partial charge in [0.2, 0.25) is 0 Å². The van der Waals surface area contributed by atoms with E-state index in [0.29, 0.717) is 23.2 Å². The van der Waals surface area contributed by atoms with E-state index in [-0.39, 0.29) is 0 Å². The number of methoxy groups -OCH3 is 1. The van der Waals surface area contributed by atoms with Crippen LogP contribution in [0, 0.1) is 5.92 Å². The van der Waals surface area contributed by atoms with Gasteiger partial charge in [-0.3, -0.25) is 4.99 Å². The average molecular weight is 700 g/mol. The first-order valence-corrected chi connectivity index (χ1v) is 17.3. The Hall–Kier alpha value is -3.57. The Bertz CT molecular complexity index is 1390. The predicted octanol–water partition coefficient (Wildman–Crippen LogP) is 9.05. The molecule has 2 N–H and O–H groups in total. The molecular formula is C37H55ClFN7OS. The van der Waals surface area contributed by atoms with Crippen molar-refractivity contribution < 1.29 is 9.13 Å². The largest absolute Gasteiger partial charge is 0.495 e. The van der Waals surface area contributed by atoms with Gasteiger partial charge in [0.15, 0.2) is 0 Å². The minimum Gasteiger partial charge on any atom is -0.495 e. The van der Waals surface area contributed by atoms with E-state index in [1.807, 2.05) is 31.2 Å². The molecule has 48 heavy (non-hydrogen) atoms. The summed E-state index contributed by atoms with van der Waals surface area (Å²) in [5.74, 6) is 0.816. The molecule has 0 unspecified atom stereocenters. The van der Waals surface area contributed by atoms with Gasteiger partial charge in [0, 0.05) is 61.0 Å². The highest BCUT2D eigenvalue weighted by Crippen LogP contribution is 2.43. The summed E-state index contributed by atoms with van der Waals surface area (Å²) in [4.78, 5) is 14.2.